The number of aliphatic hydroxyl groups excluding tert-OH is 1. The van der Waals surface area contributed by atoms with Crippen molar-refractivity contribution in [3.8, 4) is 11.3 Å². The van der Waals surface area contributed by atoms with E-state index in [9.17, 15) is 4.39 Å². The van der Waals surface area contributed by atoms with Gasteiger partial charge in [-0.05, 0) is 24.3 Å². The Kier molecular flexibility index (Phi) is 10.9. The van der Waals surface area contributed by atoms with Gasteiger partial charge in [-0.25, -0.2) is 4.39 Å². The second-order valence-electron chi connectivity index (χ2n) is 4.40. The second kappa shape index (κ2) is 11.5. The normalized spacial score (nSPS) is 9.91. The van der Waals surface area contributed by atoms with Crippen LogP contribution in [0.2, 0.25) is 0 Å². The van der Waals surface area contributed by atoms with Crippen molar-refractivity contribution in [2.45, 2.75) is 6.54 Å². The van der Waals surface area contributed by atoms with Crippen LogP contribution in [-0.2, 0) is 6.54 Å². The van der Waals surface area contributed by atoms with Crippen LogP contribution in [0.4, 0.5) is 4.39 Å². The molecule has 1 heterocycles. The molecule has 0 aliphatic rings. The van der Waals surface area contributed by atoms with Gasteiger partial charge in [0.05, 0.1) is 18.7 Å². The molecule has 22 heavy (non-hydrogen) atoms. The van der Waals surface area contributed by atoms with Gasteiger partial charge in [-0.15, -0.1) is 24.8 Å². The van der Waals surface area contributed by atoms with Crippen molar-refractivity contribution in [1.82, 2.24) is 10.6 Å². The number of furan rings is 1. The van der Waals surface area contributed by atoms with Gasteiger partial charge in [0.15, 0.2) is 0 Å². The van der Waals surface area contributed by atoms with Crippen LogP contribution in [0, 0.1) is 5.82 Å². The zero-order chi connectivity index (χ0) is 14.2. The molecule has 0 saturated carbocycles. The minimum absolute atomic E-state index is 0. The van der Waals surface area contributed by atoms with E-state index in [0.29, 0.717) is 24.4 Å². The van der Waals surface area contributed by atoms with Gasteiger partial charge in [0, 0.05) is 19.6 Å². The molecule has 0 atom stereocenters. The Morgan fingerprint density at radius 2 is 1.68 bits per heavy atom. The van der Waals surface area contributed by atoms with Gasteiger partial charge in [-0.3, -0.25) is 0 Å². The fourth-order valence-corrected chi connectivity index (χ4v) is 1.87. The van der Waals surface area contributed by atoms with Crippen molar-refractivity contribution in [2.75, 3.05) is 26.2 Å². The molecule has 0 aliphatic heterocycles. The molecule has 3 N–H and O–H groups in total. The molecule has 124 valence electrons. The van der Waals surface area contributed by atoms with E-state index in [1.807, 2.05) is 6.07 Å². The third-order valence-electron chi connectivity index (χ3n) is 2.87. The highest BCUT2D eigenvalue weighted by Gasteiger charge is 2.08. The minimum atomic E-state index is -0.283. The van der Waals surface area contributed by atoms with Gasteiger partial charge < -0.3 is 20.2 Å². The SMILES string of the molecule is Cl.Cl.OCCNCCNCc1ccc(-c2ccccc2F)o1. The standard InChI is InChI=1S/C15H19FN2O2.2ClH/c16-14-4-2-1-3-13(14)15-6-5-12(20-15)11-18-8-7-17-9-10-19;;/h1-6,17-19H,7-11H2;2*1H. The molecular weight excluding hydrogens is 330 g/mol. The van der Waals surface area contributed by atoms with E-state index < -0.39 is 0 Å². The first-order chi connectivity index (χ1) is 9.81. The van der Waals surface area contributed by atoms with Gasteiger partial charge in [0.2, 0.25) is 0 Å². The highest BCUT2D eigenvalue weighted by molar-refractivity contribution is 5.85. The minimum Gasteiger partial charge on any atom is -0.460 e. The highest BCUT2D eigenvalue weighted by atomic mass is 35.5. The van der Waals surface area contributed by atoms with Crippen LogP contribution < -0.4 is 10.6 Å². The van der Waals surface area contributed by atoms with Crippen molar-refractivity contribution in [3.63, 3.8) is 0 Å². The smallest absolute Gasteiger partial charge is 0.137 e. The predicted molar refractivity (Wildman–Crippen MR) is 90.3 cm³/mol. The first-order valence-electron chi connectivity index (χ1n) is 6.67. The van der Waals surface area contributed by atoms with Gasteiger partial charge in [-0.1, -0.05) is 12.1 Å². The molecule has 0 saturated heterocycles. The molecule has 0 spiro atoms. The van der Waals surface area contributed by atoms with Crippen molar-refractivity contribution in [2.24, 2.45) is 0 Å². The summed E-state index contributed by atoms with van der Waals surface area (Å²) >= 11 is 0. The summed E-state index contributed by atoms with van der Waals surface area (Å²) in [5, 5.41) is 14.9. The number of rotatable bonds is 8. The number of benzene rings is 1. The summed E-state index contributed by atoms with van der Waals surface area (Å²) < 4.78 is 19.2. The highest BCUT2D eigenvalue weighted by Crippen LogP contribution is 2.24. The van der Waals surface area contributed by atoms with Crippen LogP contribution in [0.25, 0.3) is 11.3 Å². The molecule has 4 nitrogen and oxygen atoms in total. The van der Waals surface area contributed by atoms with Crippen molar-refractivity contribution >= 4 is 24.8 Å². The first-order valence-corrected chi connectivity index (χ1v) is 6.67. The van der Waals surface area contributed by atoms with Crippen LogP contribution >= 0.6 is 24.8 Å². The zero-order valence-corrected chi connectivity index (χ0v) is 13.7. The second-order valence-corrected chi connectivity index (χ2v) is 4.40. The maximum atomic E-state index is 13.6. The molecule has 1 aromatic carbocycles. The lowest BCUT2D eigenvalue weighted by Gasteiger charge is -2.04. The number of hydrogen-bond donors (Lipinski definition) is 3. The Labute approximate surface area is 141 Å². The molecule has 1 aromatic heterocycles. The molecule has 0 bridgehead atoms. The quantitative estimate of drug-likeness (QED) is 0.640. The summed E-state index contributed by atoms with van der Waals surface area (Å²) in [5.41, 5.74) is 0.475. The van der Waals surface area contributed by atoms with E-state index in [1.54, 1.807) is 24.3 Å². The topological polar surface area (TPSA) is 57.4 Å². The van der Waals surface area contributed by atoms with Crippen LogP contribution in [0.5, 0.6) is 0 Å². The number of halogens is 3. The van der Waals surface area contributed by atoms with E-state index in [0.717, 1.165) is 18.8 Å². The molecule has 0 amide bonds. The Morgan fingerprint density at radius 3 is 2.41 bits per heavy atom. The summed E-state index contributed by atoms with van der Waals surface area (Å²) in [6.07, 6.45) is 0. The average Bonchev–Trinajstić information content (AvgIpc) is 2.92. The molecule has 2 aromatic rings. The monoisotopic (exact) mass is 350 g/mol. The third kappa shape index (κ3) is 6.34. The number of hydrogen-bond acceptors (Lipinski definition) is 4. The fourth-order valence-electron chi connectivity index (χ4n) is 1.87. The molecule has 7 heteroatoms. The Hall–Kier alpha value is -1.11. The lowest BCUT2D eigenvalue weighted by molar-refractivity contribution is 0.292. The van der Waals surface area contributed by atoms with Crippen LogP contribution in [0.3, 0.4) is 0 Å². The molecule has 0 radical (unpaired) electrons. The van der Waals surface area contributed by atoms with E-state index >= 15 is 0 Å². The van der Waals surface area contributed by atoms with E-state index in [1.165, 1.54) is 6.07 Å². The lowest BCUT2D eigenvalue weighted by atomic mass is 10.1. The summed E-state index contributed by atoms with van der Waals surface area (Å²) in [5.74, 6) is 1.03. The maximum absolute atomic E-state index is 13.6. The summed E-state index contributed by atoms with van der Waals surface area (Å²) in [7, 11) is 0. The van der Waals surface area contributed by atoms with Crippen molar-refractivity contribution < 1.29 is 13.9 Å². The average molecular weight is 351 g/mol. The maximum Gasteiger partial charge on any atom is 0.137 e. The van der Waals surface area contributed by atoms with Gasteiger partial charge >= 0.3 is 0 Å². The van der Waals surface area contributed by atoms with Gasteiger partial charge in [0.1, 0.15) is 17.3 Å². The summed E-state index contributed by atoms with van der Waals surface area (Å²) in [6, 6.07) is 10.2. The van der Waals surface area contributed by atoms with Gasteiger partial charge in [-0.2, -0.15) is 0 Å². The molecule has 0 unspecified atom stereocenters. The van der Waals surface area contributed by atoms with Crippen LogP contribution in [0.1, 0.15) is 5.76 Å². The Morgan fingerprint density at radius 1 is 0.955 bits per heavy atom. The van der Waals surface area contributed by atoms with E-state index in [-0.39, 0.29) is 37.2 Å². The molecule has 2 rings (SSSR count). The number of aliphatic hydroxyl groups is 1. The first kappa shape index (κ1) is 20.9. The van der Waals surface area contributed by atoms with Crippen LogP contribution in [-0.4, -0.2) is 31.3 Å². The van der Waals surface area contributed by atoms with Gasteiger partial charge in [0.25, 0.3) is 0 Å². The van der Waals surface area contributed by atoms with Crippen molar-refractivity contribution in [3.05, 3.63) is 48.0 Å². The van der Waals surface area contributed by atoms with Crippen LogP contribution in [0.15, 0.2) is 40.8 Å². The zero-order valence-electron chi connectivity index (χ0n) is 12.0. The molecular formula is C15H21Cl2FN2O2. The summed E-state index contributed by atoms with van der Waals surface area (Å²) in [6.45, 7) is 2.89. The Bertz CT molecular complexity index is 538. The number of nitrogens with one attached hydrogen (secondary N) is 2. The largest absolute Gasteiger partial charge is 0.460 e. The summed E-state index contributed by atoms with van der Waals surface area (Å²) in [4.78, 5) is 0. The predicted octanol–water partition coefficient (Wildman–Crippen LogP) is 2.60. The van der Waals surface area contributed by atoms with Crippen molar-refractivity contribution in [1.29, 1.82) is 0 Å². The Balaban J connectivity index is 0.00000220. The van der Waals surface area contributed by atoms with E-state index in [2.05, 4.69) is 10.6 Å². The molecule has 0 fully saturated rings. The fraction of sp³-hybridized carbons (Fsp3) is 0.333. The lowest BCUT2D eigenvalue weighted by Crippen LogP contribution is -2.28. The molecule has 0 aliphatic carbocycles. The third-order valence-corrected chi connectivity index (χ3v) is 2.87. The van der Waals surface area contributed by atoms with E-state index in [4.69, 9.17) is 9.52 Å².